The Bertz CT molecular complexity index is 98.6. The normalized spacial score (nSPS) is 34.8. The van der Waals surface area contributed by atoms with Gasteiger partial charge in [-0.2, -0.15) is 0 Å². The Morgan fingerprint density at radius 1 is 1.75 bits per heavy atom. The Hall–Kier alpha value is -0.0800. The SMILES string of the molecule is CC1(N)CCC=N1.Cl. The van der Waals surface area contributed by atoms with Crippen LogP contribution in [0.4, 0.5) is 0 Å². The first-order valence-corrected chi connectivity index (χ1v) is 2.53. The van der Waals surface area contributed by atoms with E-state index in [1.807, 2.05) is 13.1 Å². The predicted octanol–water partition coefficient (Wildman–Crippen LogP) is 0.948. The van der Waals surface area contributed by atoms with Crippen molar-refractivity contribution in [2.45, 2.75) is 25.4 Å². The van der Waals surface area contributed by atoms with Crippen LogP contribution in [0.1, 0.15) is 19.8 Å². The van der Waals surface area contributed by atoms with Gasteiger partial charge in [0.05, 0.1) is 0 Å². The van der Waals surface area contributed by atoms with Crippen molar-refractivity contribution in [2.75, 3.05) is 0 Å². The second kappa shape index (κ2) is 2.46. The Labute approximate surface area is 55.6 Å². The number of nitrogens with zero attached hydrogens (tertiary/aromatic N) is 1. The molecule has 0 fully saturated rings. The molecule has 2 N–H and O–H groups in total. The van der Waals surface area contributed by atoms with Crippen LogP contribution in [0.25, 0.3) is 0 Å². The van der Waals surface area contributed by atoms with Gasteiger partial charge >= 0.3 is 0 Å². The van der Waals surface area contributed by atoms with E-state index in [1.54, 1.807) is 0 Å². The fourth-order valence-corrected chi connectivity index (χ4v) is 0.694. The maximum absolute atomic E-state index is 5.58. The quantitative estimate of drug-likeness (QED) is 0.527. The molecule has 1 atom stereocenters. The van der Waals surface area contributed by atoms with Gasteiger partial charge in [-0.3, -0.25) is 4.99 Å². The number of aliphatic imine (C=N–C) groups is 1. The molecule has 0 aromatic rings. The van der Waals surface area contributed by atoms with Crippen LogP contribution in [0, 0.1) is 0 Å². The third-order valence-electron chi connectivity index (χ3n) is 1.17. The maximum Gasteiger partial charge on any atom is 0.105 e. The van der Waals surface area contributed by atoms with Gasteiger partial charge in [-0.1, -0.05) is 0 Å². The van der Waals surface area contributed by atoms with Crippen molar-refractivity contribution in [2.24, 2.45) is 10.7 Å². The van der Waals surface area contributed by atoms with Gasteiger partial charge in [0.1, 0.15) is 5.66 Å². The van der Waals surface area contributed by atoms with Gasteiger partial charge in [-0.15, -0.1) is 12.4 Å². The van der Waals surface area contributed by atoms with Crippen molar-refractivity contribution in [3.05, 3.63) is 0 Å². The predicted molar refractivity (Wildman–Crippen MR) is 37.6 cm³/mol. The van der Waals surface area contributed by atoms with Crippen LogP contribution in [0.2, 0.25) is 0 Å². The summed E-state index contributed by atoms with van der Waals surface area (Å²) in [7, 11) is 0. The molecule has 0 radical (unpaired) electrons. The van der Waals surface area contributed by atoms with E-state index in [2.05, 4.69) is 4.99 Å². The minimum atomic E-state index is -0.236. The van der Waals surface area contributed by atoms with E-state index in [-0.39, 0.29) is 18.1 Å². The summed E-state index contributed by atoms with van der Waals surface area (Å²) < 4.78 is 0. The zero-order valence-corrected chi connectivity index (χ0v) is 5.74. The van der Waals surface area contributed by atoms with Crippen LogP contribution in [0.15, 0.2) is 4.99 Å². The zero-order chi connectivity index (χ0) is 5.33. The van der Waals surface area contributed by atoms with Gasteiger partial charge in [-0.05, 0) is 19.8 Å². The number of nitrogens with two attached hydrogens (primary N) is 1. The van der Waals surface area contributed by atoms with Crippen molar-refractivity contribution < 1.29 is 0 Å². The van der Waals surface area contributed by atoms with Crippen LogP contribution >= 0.6 is 12.4 Å². The fraction of sp³-hybridized carbons (Fsp3) is 0.800. The summed E-state index contributed by atoms with van der Waals surface area (Å²) in [5.74, 6) is 0. The van der Waals surface area contributed by atoms with Crippen molar-refractivity contribution >= 4 is 18.6 Å². The van der Waals surface area contributed by atoms with E-state index in [0.717, 1.165) is 12.8 Å². The summed E-state index contributed by atoms with van der Waals surface area (Å²) >= 11 is 0. The highest BCUT2D eigenvalue weighted by molar-refractivity contribution is 5.85. The van der Waals surface area contributed by atoms with Gasteiger partial charge in [0.15, 0.2) is 0 Å². The number of hydrogen-bond acceptors (Lipinski definition) is 2. The molecule has 0 aliphatic carbocycles. The fourth-order valence-electron chi connectivity index (χ4n) is 0.694. The lowest BCUT2D eigenvalue weighted by molar-refractivity contribution is 0.493. The minimum absolute atomic E-state index is 0. The maximum atomic E-state index is 5.58. The Balaban J connectivity index is 0.000000490. The van der Waals surface area contributed by atoms with Crippen LogP contribution in [0.5, 0.6) is 0 Å². The van der Waals surface area contributed by atoms with E-state index in [1.165, 1.54) is 0 Å². The van der Waals surface area contributed by atoms with Gasteiger partial charge in [0, 0.05) is 6.21 Å². The van der Waals surface area contributed by atoms with Crippen molar-refractivity contribution in [1.82, 2.24) is 0 Å². The lowest BCUT2D eigenvalue weighted by Gasteiger charge is -2.10. The molecule has 0 aromatic heterocycles. The minimum Gasteiger partial charge on any atom is -0.307 e. The molecule has 1 aliphatic heterocycles. The molecule has 1 rings (SSSR count). The molecular weight excluding hydrogens is 124 g/mol. The topological polar surface area (TPSA) is 38.4 Å². The highest BCUT2D eigenvalue weighted by Gasteiger charge is 2.18. The molecule has 1 aliphatic rings. The monoisotopic (exact) mass is 134 g/mol. The van der Waals surface area contributed by atoms with Crippen LogP contribution < -0.4 is 5.73 Å². The van der Waals surface area contributed by atoms with E-state index in [0.29, 0.717) is 0 Å². The van der Waals surface area contributed by atoms with Crippen molar-refractivity contribution in [1.29, 1.82) is 0 Å². The molecule has 0 spiro atoms. The molecular formula is C5H11ClN2. The third-order valence-corrected chi connectivity index (χ3v) is 1.17. The summed E-state index contributed by atoms with van der Waals surface area (Å²) in [5, 5.41) is 0. The lowest BCUT2D eigenvalue weighted by atomic mass is 10.2. The zero-order valence-electron chi connectivity index (χ0n) is 4.92. The van der Waals surface area contributed by atoms with Gasteiger partial charge in [-0.25, -0.2) is 0 Å². The molecule has 2 nitrogen and oxygen atoms in total. The van der Waals surface area contributed by atoms with E-state index in [4.69, 9.17) is 5.73 Å². The summed E-state index contributed by atoms with van der Waals surface area (Å²) in [4.78, 5) is 4.02. The van der Waals surface area contributed by atoms with E-state index in [9.17, 15) is 0 Å². The molecule has 0 aromatic carbocycles. The average Bonchev–Trinajstić information content (AvgIpc) is 1.84. The lowest BCUT2D eigenvalue weighted by Crippen LogP contribution is -2.30. The number of halogens is 1. The Morgan fingerprint density at radius 2 is 2.38 bits per heavy atom. The average molecular weight is 135 g/mol. The van der Waals surface area contributed by atoms with Crippen LogP contribution in [-0.4, -0.2) is 11.9 Å². The molecule has 3 heteroatoms. The number of hydrogen-bond donors (Lipinski definition) is 1. The largest absolute Gasteiger partial charge is 0.307 e. The molecule has 1 heterocycles. The van der Waals surface area contributed by atoms with Gasteiger partial charge in [0.25, 0.3) is 0 Å². The van der Waals surface area contributed by atoms with Gasteiger partial charge in [0.2, 0.25) is 0 Å². The molecule has 0 amide bonds. The standard InChI is InChI=1S/C5H10N2.ClH/c1-5(6)3-2-4-7-5;/h4H,2-3,6H2,1H3;1H. The first kappa shape index (κ1) is 7.92. The highest BCUT2D eigenvalue weighted by atomic mass is 35.5. The summed E-state index contributed by atoms with van der Waals surface area (Å²) in [6.45, 7) is 1.94. The molecule has 48 valence electrons. The van der Waals surface area contributed by atoms with Gasteiger partial charge < -0.3 is 5.73 Å². The third kappa shape index (κ3) is 1.80. The summed E-state index contributed by atoms with van der Waals surface area (Å²) in [5.41, 5.74) is 5.34. The van der Waals surface area contributed by atoms with Crippen LogP contribution in [-0.2, 0) is 0 Å². The highest BCUT2D eigenvalue weighted by Crippen LogP contribution is 2.14. The van der Waals surface area contributed by atoms with Crippen molar-refractivity contribution in [3.8, 4) is 0 Å². The molecule has 0 saturated heterocycles. The molecule has 0 bridgehead atoms. The second-order valence-corrected chi connectivity index (χ2v) is 2.21. The second-order valence-electron chi connectivity index (χ2n) is 2.21. The smallest absolute Gasteiger partial charge is 0.105 e. The molecule has 0 saturated carbocycles. The first-order valence-electron chi connectivity index (χ1n) is 2.53. The summed E-state index contributed by atoms with van der Waals surface area (Å²) in [6.07, 6.45) is 3.94. The van der Waals surface area contributed by atoms with E-state index >= 15 is 0 Å². The molecule has 1 unspecified atom stereocenters. The Kier molecular flexibility index (Phi) is 2.44. The van der Waals surface area contributed by atoms with Crippen LogP contribution in [0.3, 0.4) is 0 Å². The van der Waals surface area contributed by atoms with E-state index < -0.39 is 0 Å². The number of rotatable bonds is 0. The van der Waals surface area contributed by atoms with Crippen molar-refractivity contribution in [3.63, 3.8) is 0 Å². The summed E-state index contributed by atoms with van der Waals surface area (Å²) in [6, 6.07) is 0. The Morgan fingerprint density at radius 3 is 2.50 bits per heavy atom. The molecule has 8 heavy (non-hydrogen) atoms. The first-order chi connectivity index (χ1) is 3.21.